The van der Waals surface area contributed by atoms with E-state index in [1.807, 2.05) is 18.2 Å². The number of rotatable bonds is 11. The summed E-state index contributed by atoms with van der Waals surface area (Å²) >= 11 is 6.19. The monoisotopic (exact) mass is 301 g/mol. The number of hydrogen-bond acceptors (Lipinski definition) is 4. The Morgan fingerprint density at radius 1 is 1.20 bits per heavy atom. The molecule has 0 aliphatic carbocycles. The van der Waals surface area contributed by atoms with Crippen LogP contribution in [0.25, 0.3) is 0 Å². The third-order valence-corrected chi connectivity index (χ3v) is 3.19. The first-order chi connectivity index (χ1) is 9.79. The quantitative estimate of drug-likeness (QED) is 0.617. The largest absolute Gasteiger partial charge is 0.492 e. The molecule has 1 aromatic carbocycles. The Balaban J connectivity index is 2.45. The van der Waals surface area contributed by atoms with Crippen LogP contribution in [0.5, 0.6) is 5.75 Å². The van der Waals surface area contributed by atoms with Gasteiger partial charge in [0.1, 0.15) is 5.75 Å². The number of methoxy groups -OCH3 is 1. The Labute approximate surface area is 126 Å². The lowest BCUT2D eigenvalue weighted by molar-refractivity contribution is 0.199. The molecule has 0 radical (unpaired) electrons. The van der Waals surface area contributed by atoms with Crippen molar-refractivity contribution < 1.29 is 14.6 Å². The fourth-order valence-corrected chi connectivity index (χ4v) is 2.07. The van der Waals surface area contributed by atoms with Crippen molar-refractivity contribution in [3.05, 3.63) is 28.8 Å². The van der Waals surface area contributed by atoms with Gasteiger partial charge in [0.25, 0.3) is 0 Å². The second-order valence-corrected chi connectivity index (χ2v) is 4.94. The van der Waals surface area contributed by atoms with E-state index in [2.05, 4.69) is 5.32 Å². The summed E-state index contributed by atoms with van der Waals surface area (Å²) < 4.78 is 10.8. The lowest BCUT2D eigenvalue weighted by Crippen LogP contribution is -2.19. The lowest BCUT2D eigenvalue weighted by atomic mass is 10.2. The van der Waals surface area contributed by atoms with Gasteiger partial charge >= 0.3 is 0 Å². The van der Waals surface area contributed by atoms with E-state index in [9.17, 15) is 0 Å². The van der Waals surface area contributed by atoms with Crippen LogP contribution in [0.3, 0.4) is 0 Å². The second-order valence-electron chi connectivity index (χ2n) is 4.53. The number of unbranched alkanes of at least 4 members (excludes halogenated alkanes) is 2. The minimum Gasteiger partial charge on any atom is -0.492 e. The van der Waals surface area contributed by atoms with Crippen LogP contribution in [-0.2, 0) is 11.3 Å². The maximum absolute atomic E-state index is 8.73. The second kappa shape index (κ2) is 10.9. The van der Waals surface area contributed by atoms with Crippen molar-refractivity contribution in [3.63, 3.8) is 0 Å². The summed E-state index contributed by atoms with van der Waals surface area (Å²) in [4.78, 5) is 0. The van der Waals surface area contributed by atoms with Gasteiger partial charge in [-0.1, -0.05) is 23.7 Å². The number of ether oxygens (including phenoxy) is 2. The molecule has 2 N–H and O–H groups in total. The summed E-state index contributed by atoms with van der Waals surface area (Å²) in [5.41, 5.74) is 1.05. The van der Waals surface area contributed by atoms with Gasteiger partial charge in [-0.25, -0.2) is 0 Å². The first-order valence-corrected chi connectivity index (χ1v) is 7.38. The molecule has 0 aromatic heterocycles. The number of aliphatic hydroxyl groups is 1. The summed E-state index contributed by atoms with van der Waals surface area (Å²) in [6, 6.07) is 5.77. The normalized spacial score (nSPS) is 10.8. The Kier molecular flexibility index (Phi) is 9.41. The van der Waals surface area contributed by atoms with Gasteiger partial charge in [0.2, 0.25) is 0 Å². The number of aliphatic hydroxyl groups excluding tert-OH is 1. The third-order valence-electron chi connectivity index (χ3n) is 2.90. The highest BCUT2D eigenvalue weighted by Gasteiger charge is 2.08. The molecule has 1 rings (SSSR count). The van der Waals surface area contributed by atoms with Crippen molar-refractivity contribution in [1.29, 1.82) is 0 Å². The van der Waals surface area contributed by atoms with E-state index >= 15 is 0 Å². The highest BCUT2D eigenvalue weighted by Crippen LogP contribution is 2.28. The molecular formula is C15H24ClNO3. The van der Waals surface area contributed by atoms with Gasteiger partial charge in [0, 0.05) is 32.4 Å². The van der Waals surface area contributed by atoms with Crippen LogP contribution >= 0.6 is 11.6 Å². The van der Waals surface area contributed by atoms with Gasteiger partial charge in [-0.15, -0.1) is 0 Å². The van der Waals surface area contributed by atoms with E-state index in [1.165, 1.54) is 0 Å². The van der Waals surface area contributed by atoms with Crippen molar-refractivity contribution in [1.82, 2.24) is 5.32 Å². The molecule has 114 valence electrons. The minimum atomic E-state index is 0.237. The molecule has 0 atom stereocenters. The number of halogens is 1. The van der Waals surface area contributed by atoms with E-state index in [-0.39, 0.29) is 6.61 Å². The van der Waals surface area contributed by atoms with Crippen molar-refractivity contribution >= 4 is 11.6 Å². The Bertz CT molecular complexity index is 374. The molecule has 5 heteroatoms. The fourth-order valence-electron chi connectivity index (χ4n) is 1.82. The first-order valence-electron chi connectivity index (χ1n) is 7.00. The summed E-state index contributed by atoms with van der Waals surface area (Å²) in [6.45, 7) is 3.03. The van der Waals surface area contributed by atoms with E-state index < -0.39 is 0 Å². The minimum absolute atomic E-state index is 0.237. The number of benzene rings is 1. The Hall–Kier alpha value is -0.810. The average Bonchev–Trinajstić information content (AvgIpc) is 2.45. The number of para-hydroxylation sites is 1. The van der Waals surface area contributed by atoms with Crippen molar-refractivity contribution in [2.45, 2.75) is 25.8 Å². The predicted molar refractivity (Wildman–Crippen MR) is 81.5 cm³/mol. The summed E-state index contributed by atoms with van der Waals surface area (Å²) in [5.74, 6) is 0.753. The summed E-state index contributed by atoms with van der Waals surface area (Å²) in [7, 11) is 1.68. The SMILES string of the molecule is COCCNCc1cccc(Cl)c1OCCCCCO. The topological polar surface area (TPSA) is 50.7 Å². The molecule has 1 aromatic rings. The zero-order valence-corrected chi connectivity index (χ0v) is 12.8. The maximum atomic E-state index is 8.73. The predicted octanol–water partition coefficient (Wildman–Crippen LogP) is 2.62. The molecule has 0 unspecified atom stereocenters. The van der Waals surface area contributed by atoms with Gasteiger partial charge in [0.05, 0.1) is 18.2 Å². The van der Waals surface area contributed by atoms with Gasteiger partial charge < -0.3 is 19.9 Å². The molecule has 0 saturated carbocycles. The lowest BCUT2D eigenvalue weighted by Gasteiger charge is -2.13. The highest BCUT2D eigenvalue weighted by atomic mass is 35.5. The third kappa shape index (κ3) is 6.57. The molecule has 0 bridgehead atoms. The standard InChI is InChI=1S/C15H24ClNO3/c1-19-11-8-17-12-13-6-5-7-14(16)15(13)20-10-4-2-3-9-18/h5-7,17-18H,2-4,8-12H2,1H3. The zero-order chi connectivity index (χ0) is 14.6. The van der Waals surface area contributed by atoms with E-state index in [1.54, 1.807) is 7.11 Å². The van der Waals surface area contributed by atoms with Gasteiger partial charge in [0.15, 0.2) is 0 Å². The maximum Gasteiger partial charge on any atom is 0.142 e. The number of nitrogens with one attached hydrogen (secondary N) is 1. The van der Waals surface area contributed by atoms with Crippen LogP contribution in [-0.4, -0.2) is 38.6 Å². The van der Waals surface area contributed by atoms with Crippen molar-refractivity contribution in [2.24, 2.45) is 0 Å². The molecule has 0 heterocycles. The molecule has 0 fully saturated rings. The van der Waals surface area contributed by atoms with Crippen molar-refractivity contribution in [3.8, 4) is 5.75 Å². The average molecular weight is 302 g/mol. The molecule has 4 nitrogen and oxygen atoms in total. The van der Waals surface area contributed by atoms with E-state index in [0.29, 0.717) is 24.8 Å². The van der Waals surface area contributed by atoms with Crippen LogP contribution in [0.1, 0.15) is 24.8 Å². The molecule has 0 saturated heterocycles. The van der Waals surface area contributed by atoms with Crippen LogP contribution in [0, 0.1) is 0 Å². The summed E-state index contributed by atoms with van der Waals surface area (Å²) in [6.07, 6.45) is 2.70. The number of hydrogen-bond donors (Lipinski definition) is 2. The van der Waals surface area contributed by atoms with E-state index in [0.717, 1.165) is 37.1 Å². The molecule has 0 spiro atoms. The fraction of sp³-hybridized carbons (Fsp3) is 0.600. The first kappa shape index (κ1) is 17.2. The summed E-state index contributed by atoms with van der Waals surface area (Å²) in [5, 5.41) is 12.7. The van der Waals surface area contributed by atoms with Crippen LogP contribution in [0.2, 0.25) is 5.02 Å². The molecule has 20 heavy (non-hydrogen) atoms. The van der Waals surface area contributed by atoms with Crippen LogP contribution in [0.4, 0.5) is 0 Å². The van der Waals surface area contributed by atoms with Gasteiger partial charge in [-0.05, 0) is 25.3 Å². The van der Waals surface area contributed by atoms with Crippen LogP contribution < -0.4 is 10.1 Å². The van der Waals surface area contributed by atoms with Gasteiger partial charge in [-0.3, -0.25) is 0 Å². The van der Waals surface area contributed by atoms with Crippen LogP contribution in [0.15, 0.2) is 18.2 Å². The molecule has 0 aliphatic heterocycles. The smallest absolute Gasteiger partial charge is 0.142 e. The molecule has 0 aliphatic rings. The highest BCUT2D eigenvalue weighted by molar-refractivity contribution is 6.32. The molecular weight excluding hydrogens is 278 g/mol. The van der Waals surface area contributed by atoms with Gasteiger partial charge in [-0.2, -0.15) is 0 Å². The molecule has 0 amide bonds. The van der Waals surface area contributed by atoms with E-state index in [4.69, 9.17) is 26.2 Å². The van der Waals surface area contributed by atoms with Crippen molar-refractivity contribution in [2.75, 3.05) is 33.5 Å². The Morgan fingerprint density at radius 2 is 2.05 bits per heavy atom. The Morgan fingerprint density at radius 3 is 2.80 bits per heavy atom. The zero-order valence-electron chi connectivity index (χ0n) is 12.0.